The first kappa shape index (κ1) is 20.5. The van der Waals surface area contributed by atoms with Crippen LogP contribution >= 0.6 is 11.6 Å². The third kappa shape index (κ3) is 4.08. The fourth-order valence-corrected chi connectivity index (χ4v) is 3.98. The summed E-state index contributed by atoms with van der Waals surface area (Å²) in [6.07, 6.45) is 1.34. The van der Waals surface area contributed by atoms with Crippen LogP contribution in [0.1, 0.15) is 17.2 Å². The maximum absolute atomic E-state index is 14.3. The topological polar surface area (TPSA) is 61.2 Å². The minimum Gasteiger partial charge on any atom is -0.381 e. The molecule has 1 aliphatic heterocycles. The Labute approximate surface area is 177 Å². The van der Waals surface area contributed by atoms with Crippen LogP contribution in [0.4, 0.5) is 14.5 Å². The van der Waals surface area contributed by atoms with Crippen molar-refractivity contribution in [1.29, 1.82) is 5.26 Å². The van der Waals surface area contributed by atoms with Crippen molar-refractivity contribution in [2.45, 2.75) is 6.04 Å². The number of fused-ring (bicyclic) bond motifs is 1. The number of hydrogen-bond donors (Lipinski definition) is 1. The molecule has 0 spiro atoms. The Kier molecular flexibility index (Phi) is 6.09. The van der Waals surface area contributed by atoms with Gasteiger partial charge in [0.25, 0.3) is 0 Å². The molecule has 2 heterocycles. The molecule has 30 heavy (non-hydrogen) atoms. The molecule has 1 unspecified atom stereocenters. The third-order valence-corrected chi connectivity index (χ3v) is 5.57. The smallest absolute Gasteiger partial charge is 0.149 e. The van der Waals surface area contributed by atoms with E-state index in [0.717, 1.165) is 18.7 Å². The van der Waals surface area contributed by atoms with Crippen molar-refractivity contribution in [3.05, 3.63) is 70.4 Å². The average Bonchev–Trinajstić information content (AvgIpc) is 2.78. The highest BCUT2D eigenvalue weighted by atomic mass is 35.5. The number of ether oxygens (including phenoxy) is 1. The summed E-state index contributed by atoms with van der Waals surface area (Å²) >= 11 is 6.34. The molecule has 1 aromatic heterocycles. The van der Waals surface area contributed by atoms with E-state index < -0.39 is 5.82 Å². The van der Waals surface area contributed by atoms with Gasteiger partial charge < -0.3 is 10.1 Å². The monoisotopic (exact) mass is 428 g/mol. The SMILES string of the molecule is N#Cc1cnc2c(F)ccc(Cl)c2c1NCC(c1ccc(F)cc1)N1CCOCC1. The molecule has 5 nitrogen and oxygen atoms in total. The van der Waals surface area contributed by atoms with Gasteiger partial charge in [-0.05, 0) is 29.8 Å². The summed E-state index contributed by atoms with van der Waals surface area (Å²) < 4.78 is 33.2. The summed E-state index contributed by atoms with van der Waals surface area (Å²) in [5.41, 5.74) is 1.75. The molecule has 1 aliphatic rings. The molecular weight excluding hydrogens is 410 g/mol. The van der Waals surface area contributed by atoms with Crippen LogP contribution in [0.5, 0.6) is 0 Å². The van der Waals surface area contributed by atoms with Gasteiger partial charge in [0.2, 0.25) is 0 Å². The number of anilines is 1. The lowest BCUT2D eigenvalue weighted by Gasteiger charge is -2.35. The first-order valence-electron chi connectivity index (χ1n) is 9.56. The van der Waals surface area contributed by atoms with E-state index in [2.05, 4.69) is 21.3 Å². The number of pyridine rings is 1. The van der Waals surface area contributed by atoms with E-state index in [4.69, 9.17) is 16.3 Å². The number of morpholine rings is 1. The standard InChI is InChI=1S/C22H19ClF2N4O/c23-17-5-6-18(25)22-20(17)21(15(11-26)12-27-22)28-13-19(29-7-9-30-10-8-29)14-1-3-16(24)4-2-14/h1-6,12,19H,7-10,13H2,(H,27,28). The minimum absolute atomic E-state index is 0.100. The van der Waals surface area contributed by atoms with E-state index in [1.165, 1.54) is 30.5 Å². The van der Waals surface area contributed by atoms with Gasteiger partial charge in [-0.3, -0.25) is 9.88 Å². The molecule has 1 fully saturated rings. The molecule has 0 amide bonds. The number of hydrogen-bond acceptors (Lipinski definition) is 5. The van der Waals surface area contributed by atoms with Crippen LogP contribution in [0.15, 0.2) is 42.6 Å². The Hall–Kier alpha value is -2.79. The Morgan fingerprint density at radius 3 is 2.60 bits per heavy atom. The van der Waals surface area contributed by atoms with Gasteiger partial charge in [0, 0.05) is 31.2 Å². The predicted molar refractivity (Wildman–Crippen MR) is 111 cm³/mol. The van der Waals surface area contributed by atoms with Crippen molar-refractivity contribution in [3.63, 3.8) is 0 Å². The fraction of sp³-hybridized carbons (Fsp3) is 0.273. The molecule has 0 saturated carbocycles. The highest BCUT2D eigenvalue weighted by Crippen LogP contribution is 2.34. The van der Waals surface area contributed by atoms with Crippen LogP contribution in [-0.2, 0) is 4.74 Å². The number of halogens is 3. The summed E-state index contributed by atoms with van der Waals surface area (Å²) in [4.78, 5) is 6.30. The van der Waals surface area contributed by atoms with Crippen LogP contribution < -0.4 is 5.32 Å². The number of nitrogens with zero attached hydrogens (tertiary/aromatic N) is 3. The molecule has 8 heteroatoms. The summed E-state index contributed by atoms with van der Waals surface area (Å²) in [5.74, 6) is -0.813. The second-order valence-corrected chi connectivity index (χ2v) is 7.42. The van der Waals surface area contributed by atoms with Crippen molar-refractivity contribution < 1.29 is 13.5 Å². The number of aromatic nitrogens is 1. The van der Waals surface area contributed by atoms with Gasteiger partial charge in [-0.15, -0.1) is 0 Å². The summed E-state index contributed by atoms with van der Waals surface area (Å²) in [6, 6.07) is 11.1. The van der Waals surface area contributed by atoms with Crippen molar-refractivity contribution in [2.24, 2.45) is 0 Å². The number of benzene rings is 2. The number of rotatable bonds is 5. The molecule has 1 atom stereocenters. The molecule has 154 valence electrons. The summed E-state index contributed by atoms with van der Waals surface area (Å²) in [7, 11) is 0. The van der Waals surface area contributed by atoms with Crippen molar-refractivity contribution in [3.8, 4) is 6.07 Å². The fourth-order valence-electron chi connectivity index (χ4n) is 3.73. The van der Waals surface area contributed by atoms with Gasteiger partial charge >= 0.3 is 0 Å². The Bertz CT molecular complexity index is 1090. The lowest BCUT2D eigenvalue weighted by atomic mass is 10.0. The molecule has 0 bridgehead atoms. The van der Waals surface area contributed by atoms with Gasteiger partial charge in [-0.2, -0.15) is 5.26 Å². The van der Waals surface area contributed by atoms with E-state index in [1.807, 2.05) is 0 Å². The van der Waals surface area contributed by atoms with E-state index in [-0.39, 0.29) is 22.9 Å². The normalized spacial score (nSPS) is 15.7. The van der Waals surface area contributed by atoms with Gasteiger partial charge in [0.1, 0.15) is 23.2 Å². The highest BCUT2D eigenvalue weighted by molar-refractivity contribution is 6.36. The van der Waals surface area contributed by atoms with Gasteiger partial charge in [0.15, 0.2) is 0 Å². The van der Waals surface area contributed by atoms with E-state index in [1.54, 1.807) is 12.1 Å². The van der Waals surface area contributed by atoms with E-state index in [9.17, 15) is 14.0 Å². The third-order valence-electron chi connectivity index (χ3n) is 5.25. The Morgan fingerprint density at radius 2 is 1.90 bits per heavy atom. The first-order valence-corrected chi connectivity index (χ1v) is 9.94. The van der Waals surface area contributed by atoms with Crippen LogP contribution in [0.25, 0.3) is 10.9 Å². The first-order chi connectivity index (χ1) is 14.6. The van der Waals surface area contributed by atoms with Gasteiger partial charge in [-0.25, -0.2) is 8.78 Å². The molecule has 0 aliphatic carbocycles. The molecule has 1 N–H and O–H groups in total. The molecule has 3 aromatic rings. The second kappa shape index (κ2) is 8.92. The van der Waals surface area contributed by atoms with Crippen molar-refractivity contribution in [1.82, 2.24) is 9.88 Å². The number of nitrogens with one attached hydrogen (secondary N) is 1. The molecule has 2 aromatic carbocycles. The van der Waals surface area contributed by atoms with Crippen LogP contribution in [0.3, 0.4) is 0 Å². The van der Waals surface area contributed by atoms with Crippen LogP contribution in [-0.4, -0.2) is 42.7 Å². The number of nitriles is 1. The van der Waals surface area contributed by atoms with Crippen molar-refractivity contribution >= 4 is 28.2 Å². The maximum Gasteiger partial charge on any atom is 0.149 e. The van der Waals surface area contributed by atoms with Crippen LogP contribution in [0, 0.1) is 23.0 Å². The maximum atomic E-state index is 14.3. The summed E-state index contributed by atoms with van der Waals surface area (Å²) in [6.45, 7) is 3.07. The zero-order chi connectivity index (χ0) is 21.1. The Morgan fingerprint density at radius 1 is 1.17 bits per heavy atom. The predicted octanol–water partition coefficient (Wildman–Crippen LogP) is 4.52. The quantitative estimate of drug-likeness (QED) is 0.647. The average molecular weight is 429 g/mol. The highest BCUT2D eigenvalue weighted by Gasteiger charge is 2.24. The van der Waals surface area contributed by atoms with Gasteiger partial charge in [0.05, 0.1) is 35.5 Å². The van der Waals surface area contributed by atoms with E-state index in [0.29, 0.717) is 35.9 Å². The zero-order valence-electron chi connectivity index (χ0n) is 16.0. The van der Waals surface area contributed by atoms with Crippen molar-refractivity contribution in [2.75, 3.05) is 38.2 Å². The van der Waals surface area contributed by atoms with Crippen LogP contribution in [0.2, 0.25) is 5.02 Å². The Balaban J connectivity index is 1.71. The lowest BCUT2D eigenvalue weighted by molar-refractivity contribution is 0.0187. The lowest BCUT2D eigenvalue weighted by Crippen LogP contribution is -2.41. The van der Waals surface area contributed by atoms with Gasteiger partial charge in [-0.1, -0.05) is 23.7 Å². The zero-order valence-corrected chi connectivity index (χ0v) is 16.8. The molecule has 1 saturated heterocycles. The molecule has 4 rings (SSSR count). The molecule has 0 radical (unpaired) electrons. The van der Waals surface area contributed by atoms with E-state index >= 15 is 0 Å². The molecular formula is C22H19ClF2N4O. The largest absolute Gasteiger partial charge is 0.381 e. The minimum atomic E-state index is -0.509. The summed E-state index contributed by atoms with van der Waals surface area (Å²) in [5, 5.41) is 13.5. The second-order valence-electron chi connectivity index (χ2n) is 7.01.